The zero-order valence-electron chi connectivity index (χ0n) is 23.6. The Morgan fingerprint density at radius 2 is 1.19 bits per heavy atom. The van der Waals surface area contributed by atoms with E-state index >= 15 is 0 Å². The quantitative estimate of drug-likeness (QED) is 0.204. The van der Waals surface area contributed by atoms with Crippen molar-refractivity contribution in [3.05, 3.63) is 120 Å². The van der Waals surface area contributed by atoms with Crippen molar-refractivity contribution in [2.75, 3.05) is 13.2 Å². The molecule has 2 unspecified atom stereocenters. The van der Waals surface area contributed by atoms with Gasteiger partial charge in [0.05, 0.1) is 31.3 Å². The molecule has 2 atom stereocenters. The van der Waals surface area contributed by atoms with Gasteiger partial charge in [0.15, 0.2) is 6.04 Å². The molecule has 0 amide bonds. The maximum Gasteiger partial charge on any atom is 0.331 e. The Kier molecular flexibility index (Phi) is 15.0. The van der Waals surface area contributed by atoms with E-state index in [1.807, 2.05) is 66.7 Å². The lowest BCUT2D eigenvalue weighted by atomic mass is 10.0. The predicted octanol–water partition coefficient (Wildman–Crippen LogP) is 3.82. The monoisotopic (exact) mass is 590 g/mol. The van der Waals surface area contributed by atoms with Crippen LogP contribution >= 0.6 is 12.4 Å². The largest absolute Gasteiger partial charge is 0.465 e. The van der Waals surface area contributed by atoms with Crippen LogP contribution in [0.3, 0.4) is 0 Å². The van der Waals surface area contributed by atoms with Gasteiger partial charge in [0.25, 0.3) is 0 Å². The van der Waals surface area contributed by atoms with E-state index in [1.165, 1.54) is 0 Å². The molecule has 0 aliphatic heterocycles. The first-order valence-electron chi connectivity index (χ1n) is 13.3. The number of esters is 2. The van der Waals surface area contributed by atoms with E-state index in [2.05, 4.69) is 20.4 Å². The number of hydrogen-bond donors (Lipinski definition) is 1. The molecule has 2 aromatic heterocycles. The molecule has 220 valence electrons. The standard InChI is InChI=1S/C22H21N3O2.C9H13N3O2.ClH/c1-2-27-22(26)20(15-17-13-14-23-24-16-17)25-21(18-9-5-3-6-10-18)19-11-7-4-8-12-19;1-2-14-9(13)8(10)5-7-3-4-11-12-6-7;/h3-14,16,20H,2,15H2,1H3;3-4,6,8H,2,5,10H2,1H3;1H. The minimum atomic E-state index is -0.662. The van der Waals surface area contributed by atoms with E-state index in [4.69, 9.17) is 20.2 Å². The van der Waals surface area contributed by atoms with Crippen LogP contribution in [0.4, 0.5) is 0 Å². The average molecular weight is 591 g/mol. The Morgan fingerprint density at radius 3 is 1.64 bits per heavy atom. The van der Waals surface area contributed by atoms with Crippen LogP contribution in [0.1, 0.15) is 36.1 Å². The van der Waals surface area contributed by atoms with Crippen molar-refractivity contribution in [1.82, 2.24) is 20.4 Å². The molecule has 10 nitrogen and oxygen atoms in total. The van der Waals surface area contributed by atoms with Crippen LogP contribution in [0.2, 0.25) is 0 Å². The first kappa shape index (κ1) is 33.7. The number of rotatable bonds is 11. The summed E-state index contributed by atoms with van der Waals surface area (Å²) in [6.07, 6.45) is 7.22. The molecule has 0 saturated carbocycles. The summed E-state index contributed by atoms with van der Waals surface area (Å²) in [5.41, 5.74) is 10.0. The Hall–Kier alpha value is -4.54. The van der Waals surface area contributed by atoms with Crippen LogP contribution in [0.25, 0.3) is 0 Å². The van der Waals surface area contributed by atoms with Crippen molar-refractivity contribution >= 4 is 30.1 Å². The predicted molar refractivity (Wildman–Crippen MR) is 162 cm³/mol. The summed E-state index contributed by atoms with van der Waals surface area (Å²) < 4.78 is 10.0. The minimum absolute atomic E-state index is 0. The second-order valence-corrected chi connectivity index (χ2v) is 8.75. The van der Waals surface area contributed by atoms with E-state index in [1.54, 1.807) is 44.7 Å². The van der Waals surface area contributed by atoms with E-state index < -0.39 is 12.1 Å². The highest BCUT2D eigenvalue weighted by atomic mass is 35.5. The van der Waals surface area contributed by atoms with E-state index in [9.17, 15) is 9.59 Å². The normalized spacial score (nSPS) is 11.4. The first-order chi connectivity index (χ1) is 20.0. The number of nitrogens with zero attached hydrogens (tertiary/aromatic N) is 5. The van der Waals surface area contributed by atoms with Gasteiger partial charge in [-0.2, -0.15) is 20.4 Å². The number of carbonyl (C=O) groups is 2. The summed E-state index contributed by atoms with van der Waals surface area (Å²) in [4.78, 5) is 28.6. The molecule has 0 fully saturated rings. The van der Waals surface area contributed by atoms with Crippen molar-refractivity contribution in [2.45, 2.75) is 38.8 Å². The molecule has 0 spiro atoms. The van der Waals surface area contributed by atoms with Gasteiger partial charge in [0.1, 0.15) is 6.04 Å². The smallest absolute Gasteiger partial charge is 0.331 e. The number of hydrogen-bond acceptors (Lipinski definition) is 10. The highest BCUT2D eigenvalue weighted by Gasteiger charge is 2.22. The zero-order chi connectivity index (χ0) is 29.3. The van der Waals surface area contributed by atoms with E-state index in [0.717, 1.165) is 28.0 Å². The maximum absolute atomic E-state index is 12.6. The highest BCUT2D eigenvalue weighted by Crippen LogP contribution is 2.15. The molecule has 2 N–H and O–H groups in total. The number of aromatic nitrogens is 4. The molecule has 0 bridgehead atoms. The third-order valence-electron chi connectivity index (χ3n) is 5.70. The van der Waals surface area contributed by atoms with Crippen LogP contribution in [-0.4, -0.2) is 63.3 Å². The van der Waals surface area contributed by atoms with Crippen LogP contribution in [0.15, 0.2) is 103 Å². The first-order valence-corrected chi connectivity index (χ1v) is 13.3. The van der Waals surface area contributed by atoms with Crippen LogP contribution < -0.4 is 5.73 Å². The van der Waals surface area contributed by atoms with Crippen LogP contribution in [0.5, 0.6) is 0 Å². The van der Waals surface area contributed by atoms with Gasteiger partial charge in [-0.05, 0) is 43.5 Å². The Labute approximate surface area is 251 Å². The van der Waals surface area contributed by atoms with Crippen molar-refractivity contribution in [1.29, 1.82) is 0 Å². The van der Waals surface area contributed by atoms with Gasteiger partial charge in [-0.25, -0.2) is 4.79 Å². The molecule has 0 radical (unpaired) electrons. The minimum Gasteiger partial charge on any atom is -0.465 e. The van der Waals surface area contributed by atoms with Crippen molar-refractivity contribution in [3.63, 3.8) is 0 Å². The molecule has 4 rings (SSSR count). The Bertz CT molecular complexity index is 1320. The van der Waals surface area contributed by atoms with Gasteiger partial charge in [-0.15, -0.1) is 12.4 Å². The Balaban J connectivity index is 0.000000349. The lowest BCUT2D eigenvalue weighted by Crippen LogP contribution is -2.34. The molecular weight excluding hydrogens is 556 g/mol. The molecule has 42 heavy (non-hydrogen) atoms. The summed E-state index contributed by atoms with van der Waals surface area (Å²) in [6, 6.07) is 22.0. The molecule has 0 saturated heterocycles. The van der Waals surface area contributed by atoms with E-state index in [0.29, 0.717) is 26.1 Å². The number of halogens is 1. The second-order valence-electron chi connectivity index (χ2n) is 8.75. The summed E-state index contributed by atoms with van der Waals surface area (Å²) in [7, 11) is 0. The van der Waals surface area contributed by atoms with Crippen molar-refractivity contribution < 1.29 is 19.1 Å². The molecule has 2 aromatic carbocycles. The third-order valence-corrected chi connectivity index (χ3v) is 5.70. The van der Waals surface area contributed by atoms with Gasteiger partial charge >= 0.3 is 11.9 Å². The number of aliphatic imine (C=N–C) groups is 1. The summed E-state index contributed by atoms with van der Waals surface area (Å²) in [6.45, 7) is 4.20. The molecule has 11 heteroatoms. The average Bonchev–Trinajstić information content (AvgIpc) is 3.01. The van der Waals surface area contributed by atoms with Gasteiger partial charge in [0.2, 0.25) is 0 Å². The van der Waals surface area contributed by atoms with Gasteiger partial charge in [0, 0.05) is 29.9 Å². The molecule has 2 heterocycles. The number of benzene rings is 2. The fourth-order valence-electron chi connectivity index (χ4n) is 3.77. The topological polar surface area (TPSA) is 143 Å². The lowest BCUT2D eigenvalue weighted by molar-refractivity contribution is -0.145. The molecular formula is C31H35ClN6O4. The van der Waals surface area contributed by atoms with Crippen molar-refractivity contribution in [2.24, 2.45) is 10.7 Å². The van der Waals surface area contributed by atoms with Gasteiger partial charge in [-0.1, -0.05) is 60.7 Å². The fourth-order valence-corrected chi connectivity index (χ4v) is 3.77. The zero-order valence-corrected chi connectivity index (χ0v) is 24.4. The van der Waals surface area contributed by atoms with E-state index in [-0.39, 0.29) is 24.3 Å². The lowest BCUT2D eigenvalue weighted by Gasteiger charge is -2.15. The molecule has 0 aliphatic carbocycles. The highest BCUT2D eigenvalue weighted by molar-refractivity contribution is 6.13. The maximum atomic E-state index is 12.6. The fraction of sp³-hybridized carbons (Fsp3) is 0.258. The van der Waals surface area contributed by atoms with Crippen molar-refractivity contribution in [3.8, 4) is 0 Å². The van der Waals surface area contributed by atoms with Crippen LogP contribution in [-0.2, 0) is 31.9 Å². The van der Waals surface area contributed by atoms with Gasteiger partial charge < -0.3 is 15.2 Å². The number of carbonyl (C=O) groups excluding carboxylic acids is 2. The summed E-state index contributed by atoms with van der Waals surface area (Å²) in [5.74, 6) is -0.733. The van der Waals surface area contributed by atoms with Gasteiger partial charge in [-0.3, -0.25) is 9.79 Å². The number of nitrogens with two attached hydrogens (primary N) is 1. The summed E-state index contributed by atoms with van der Waals surface area (Å²) >= 11 is 0. The Morgan fingerprint density at radius 1 is 0.714 bits per heavy atom. The number of ether oxygens (including phenoxy) is 2. The second kappa shape index (κ2) is 18.7. The molecule has 0 aliphatic rings. The molecule has 4 aromatic rings. The SMILES string of the molecule is CCOC(=O)C(Cc1ccnnc1)N=C(c1ccccc1)c1ccccc1.CCOC(=O)C(N)Cc1ccnnc1.Cl. The summed E-state index contributed by atoms with van der Waals surface area (Å²) in [5, 5.41) is 15.0. The third kappa shape index (κ3) is 11.1. The van der Waals surface area contributed by atoms with Crippen LogP contribution in [0, 0.1) is 0 Å².